The first kappa shape index (κ1) is 13.5. The molecule has 1 fully saturated rings. The van der Waals surface area contributed by atoms with Crippen LogP contribution in [0.2, 0.25) is 5.02 Å². The second kappa shape index (κ2) is 5.34. The van der Waals surface area contributed by atoms with E-state index in [1.54, 1.807) is 12.1 Å². The zero-order valence-corrected chi connectivity index (χ0v) is 11.5. The summed E-state index contributed by atoms with van der Waals surface area (Å²) in [6, 6.07) is 4.70. The Labute approximate surface area is 112 Å². The van der Waals surface area contributed by atoms with Gasteiger partial charge in [-0.05, 0) is 31.0 Å². The first-order valence-corrected chi connectivity index (χ1v) is 7.64. The summed E-state index contributed by atoms with van der Waals surface area (Å²) in [5, 5.41) is 0.301. The maximum atomic E-state index is 12.1. The molecule has 3 N–H and O–H groups in total. The lowest BCUT2D eigenvalue weighted by Gasteiger charge is -2.26. The van der Waals surface area contributed by atoms with E-state index in [-0.39, 0.29) is 0 Å². The molecule has 7 heteroatoms. The Morgan fingerprint density at radius 2 is 1.89 bits per heavy atom. The van der Waals surface area contributed by atoms with E-state index in [1.807, 2.05) is 0 Å². The third-order valence-corrected chi connectivity index (χ3v) is 4.72. The van der Waals surface area contributed by atoms with E-state index in [2.05, 4.69) is 4.72 Å². The third-order valence-electron chi connectivity index (χ3n) is 2.89. The van der Waals surface area contributed by atoms with E-state index in [1.165, 1.54) is 10.4 Å². The van der Waals surface area contributed by atoms with Crippen molar-refractivity contribution in [2.45, 2.75) is 19.3 Å². The summed E-state index contributed by atoms with van der Waals surface area (Å²) in [5.74, 6) is 0. The summed E-state index contributed by atoms with van der Waals surface area (Å²) >= 11 is 5.95. The molecule has 0 saturated carbocycles. The van der Waals surface area contributed by atoms with Gasteiger partial charge < -0.3 is 5.73 Å². The van der Waals surface area contributed by atoms with Crippen molar-refractivity contribution < 1.29 is 8.42 Å². The number of halogens is 1. The normalized spacial score (nSPS) is 17.6. The van der Waals surface area contributed by atoms with E-state index in [0.29, 0.717) is 29.5 Å². The molecule has 1 aliphatic rings. The molecule has 1 saturated heterocycles. The number of nitrogens with one attached hydrogen (secondary N) is 1. The van der Waals surface area contributed by atoms with Crippen LogP contribution in [0.5, 0.6) is 0 Å². The quantitative estimate of drug-likeness (QED) is 0.837. The van der Waals surface area contributed by atoms with Gasteiger partial charge in [0, 0.05) is 18.8 Å². The van der Waals surface area contributed by atoms with Gasteiger partial charge in [0.25, 0.3) is 0 Å². The Morgan fingerprint density at radius 3 is 2.50 bits per heavy atom. The molecule has 2 rings (SSSR count). The van der Waals surface area contributed by atoms with Crippen molar-refractivity contribution in [2.24, 2.45) is 0 Å². The number of piperidine rings is 1. The SMILES string of the molecule is Nc1ccc(NS(=O)(=O)N2CCCCC2)c(Cl)c1. The molecule has 0 radical (unpaired) electrons. The molecule has 0 aliphatic carbocycles. The zero-order valence-electron chi connectivity index (χ0n) is 9.89. The number of hydrogen-bond donors (Lipinski definition) is 2. The van der Waals surface area contributed by atoms with Gasteiger partial charge in [-0.15, -0.1) is 0 Å². The minimum absolute atomic E-state index is 0.301. The van der Waals surface area contributed by atoms with Crippen LogP contribution in [-0.2, 0) is 10.2 Å². The molecule has 0 unspecified atom stereocenters. The fraction of sp³-hybridized carbons (Fsp3) is 0.455. The summed E-state index contributed by atoms with van der Waals surface area (Å²) in [4.78, 5) is 0. The number of nitrogens with zero attached hydrogens (tertiary/aromatic N) is 1. The summed E-state index contributed by atoms with van der Waals surface area (Å²) in [5.41, 5.74) is 6.42. The number of anilines is 2. The van der Waals surface area contributed by atoms with Crippen LogP contribution in [0, 0.1) is 0 Å². The first-order chi connectivity index (χ1) is 8.49. The van der Waals surface area contributed by atoms with Crippen molar-refractivity contribution in [3.63, 3.8) is 0 Å². The highest BCUT2D eigenvalue weighted by atomic mass is 35.5. The van der Waals surface area contributed by atoms with Gasteiger partial charge in [-0.1, -0.05) is 18.0 Å². The van der Waals surface area contributed by atoms with Crippen LogP contribution in [-0.4, -0.2) is 25.8 Å². The smallest absolute Gasteiger partial charge is 0.301 e. The van der Waals surface area contributed by atoms with Gasteiger partial charge in [-0.25, -0.2) is 0 Å². The lowest BCUT2D eigenvalue weighted by Crippen LogP contribution is -2.39. The molecule has 5 nitrogen and oxygen atoms in total. The summed E-state index contributed by atoms with van der Waals surface area (Å²) in [6.07, 6.45) is 2.88. The van der Waals surface area contributed by atoms with Crippen LogP contribution in [0.4, 0.5) is 11.4 Å². The highest BCUT2D eigenvalue weighted by Gasteiger charge is 2.24. The molecule has 1 aromatic rings. The molecule has 100 valence electrons. The lowest BCUT2D eigenvalue weighted by molar-refractivity contribution is 0.349. The van der Waals surface area contributed by atoms with Gasteiger partial charge in [0.1, 0.15) is 0 Å². The average molecular weight is 290 g/mol. The van der Waals surface area contributed by atoms with E-state index in [4.69, 9.17) is 17.3 Å². The van der Waals surface area contributed by atoms with E-state index < -0.39 is 10.2 Å². The average Bonchev–Trinajstić information content (AvgIpc) is 2.34. The Morgan fingerprint density at radius 1 is 1.22 bits per heavy atom. The largest absolute Gasteiger partial charge is 0.399 e. The molecule has 1 heterocycles. The molecule has 1 aliphatic heterocycles. The van der Waals surface area contributed by atoms with E-state index in [0.717, 1.165) is 19.3 Å². The lowest BCUT2D eigenvalue weighted by atomic mass is 10.2. The topological polar surface area (TPSA) is 75.4 Å². The second-order valence-electron chi connectivity index (χ2n) is 4.31. The van der Waals surface area contributed by atoms with Gasteiger partial charge in [0.15, 0.2) is 0 Å². The van der Waals surface area contributed by atoms with Gasteiger partial charge in [0.2, 0.25) is 0 Å². The van der Waals surface area contributed by atoms with Crippen LogP contribution < -0.4 is 10.5 Å². The van der Waals surface area contributed by atoms with E-state index in [9.17, 15) is 8.42 Å². The first-order valence-electron chi connectivity index (χ1n) is 5.82. The number of hydrogen-bond acceptors (Lipinski definition) is 3. The maximum Gasteiger partial charge on any atom is 0.301 e. The molecular weight excluding hydrogens is 274 g/mol. The summed E-state index contributed by atoms with van der Waals surface area (Å²) in [7, 11) is -3.51. The fourth-order valence-electron chi connectivity index (χ4n) is 1.92. The van der Waals surface area contributed by atoms with E-state index >= 15 is 0 Å². The molecule has 1 aromatic carbocycles. The highest BCUT2D eigenvalue weighted by molar-refractivity contribution is 7.90. The predicted octanol–water partition coefficient (Wildman–Crippen LogP) is 2.06. The molecule has 0 atom stereocenters. The minimum Gasteiger partial charge on any atom is -0.399 e. The third kappa shape index (κ3) is 3.07. The number of benzene rings is 1. The number of rotatable bonds is 3. The predicted molar refractivity (Wildman–Crippen MR) is 73.8 cm³/mol. The number of nitrogen functional groups attached to an aromatic ring is 1. The van der Waals surface area contributed by atoms with Crippen molar-refractivity contribution in [1.29, 1.82) is 0 Å². The second-order valence-corrected chi connectivity index (χ2v) is 6.38. The molecule has 0 aromatic heterocycles. The number of nitrogens with two attached hydrogens (primary N) is 1. The van der Waals surface area contributed by atoms with Crippen molar-refractivity contribution in [2.75, 3.05) is 23.5 Å². The maximum absolute atomic E-state index is 12.1. The highest BCUT2D eigenvalue weighted by Crippen LogP contribution is 2.26. The summed E-state index contributed by atoms with van der Waals surface area (Å²) in [6.45, 7) is 1.11. The molecule has 0 spiro atoms. The van der Waals surface area contributed by atoms with Crippen molar-refractivity contribution in [1.82, 2.24) is 4.31 Å². The van der Waals surface area contributed by atoms with Gasteiger partial charge in [-0.2, -0.15) is 12.7 Å². The molecule has 18 heavy (non-hydrogen) atoms. The van der Waals surface area contributed by atoms with Gasteiger partial charge in [0.05, 0.1) is 10.7 Å². The Balaban J connectivity index is 2.16. The van der Waals surface area contributed by atoms with Crippen LogP contribution in [0.3, 0.4) is 0 Å². The van der Waals surface area contributed by atoms with Crippen molar-refractivity contribution in [3.05, 3.63) is 23.2 Å². The Kier molecular flexibility index (Phi) is 3.99. The molecule has 0 bridgehead atoms. The van der Waals surface area contributed by atoms with Crippen LogP contribution in [0.15, 0.2) is 18.2 Å². The van der Waals surface area contributed by atoms with Crippen LogP contribution >= 0.6 is 11.6 Å². The summed E-state index contributed by atoms with van der Waals surface area (Å²) < 4.78 is 28.2. The Hall–Kier alpha value is -0.980. The van der Waals surface area contributed by atoms with Gasteiger partial charge in [-0.3, -0.25) is 4.72 Å². The van der Waals surface area contributed by atoms with Crippen LogP contribution in [0.1, 0.15) is 19.3 Å². The standard InChI is InChI=1S/C11H16ClN3O2S/c12-10-8-9(13)4-5-11(10)14-18(16,17)15-6-2-1-3-7-15/h4-5,8,14H,1-3,6-7,13H2. The minimum atomic E-state index is -3.51. The van der Waals surface area contributed by atoms with Gasteiger partial charge >= 0.3 is 10.2 Å². The molecular formula is C11H16ClN3O2S. The zero-order chi connectivity index (χ0) is 13.2. The Bertz CT molecular complexity index is 527. The van der Waals surface area contributed by atoms with Crippen LogP contribution in [0.25, 0.3) is 0 Å². The van der Waals surface area contributed by atoms with Crippen molar-refractivity contribution in [3.8, 4) is 0 Å². The fourth-order valence-corrected chi connectivity index (χ4v) is 3.54. The van der Waals surface area contributed by atoms with Crippen molar-refractivity contribution >= 4 is 33.2 Å². The monoisotopic (exact) mass is 289 g/mol. The molecule has 0 amide bonds.